The van der Waals surface area contributed by atoms with Crippen LogP contribution in [0.3, 0.4) is 0 Å². The van der Waals surface area contributed by atoms with Crippen LogP contribution in [0, 0.1) is 5.41 Å². The molecule has 2 aliphatic heterocycles. The molecule has 14 heteroatoms. The third-order valence-corrected chi connectivity index (χ3v) is 6.67. The molecule has 2 heterocycles. The number of nitrogens with one attached hydrogen (secondary N) is 4. The lowest BCUT2D eigenvalue weighted by atomic mass is 9.84. The zero-order valence-corrected chi connectivity index (χ0v) is 20.4. The lowest BCUT2D eigenvalue weighted by molar-refractivity contribution is -0.303. The summed E-state index contributed by atoms with van der Waals surface area (Å²) in [6.07, 6.45) is -3.84. The van der Waals surface area contributed by atoms with Crippen LogP contribution in [0.1, 0.15) is 19.8 Å². The molecule has 1 aliphatic carbocycles. The van der Waals surface area contributed by atoms with Gasteiger partial charge in [0.05, 0.1) is 25.2 Å². The molecule has 0 spiro atoms. The van der Waals surface area contributed by atoms with Crippen LogP contribution >= 0.6 is 0 Å². The van der Waals surface area contributed by atoms with E-state index >= 15 is 0 Å². The van der Waals surface area contributed by atoms with E-state index in [0.29, 0.717) is 18.7 Å². The van der Waals surface area contributed by atoms with E-state index in [1.165, 1.54) is 0 Å². The summed E-state index contributed by atoms with van der Waals surface area (Å²) in [7, 11) is 3.39. The van der Waals surface area contributed by atoms with Crippen LogP contribution < -0.4 is 33.2 Å². The molecule has 13 N–H and O–H groups in total. The monoisotopic (exact) mass is 503 g/mol. The van der Waals surface area contributed by atoms with Crippen molar-refractivity contribution in [3.05, 3.63) is 11.8 Å². The Labute approximate surface area is 205 Å². The fourth-order valence-electron chi connectivity index (χ4n) is 4.90. The minimum Gasteiger partial charge on any atom is -0.466 e. The minimum atomic E-state index is -1.31. The second-order valence-electron chi connectivity index (χ2n) is 9.64. The van der Waals surface area contributed by atoms with Crippen molar-refractivity contribution in [1.82, 2.24) is 16.0 Å². The number of nitrogens with two attached hydrogens (primary N) is 3. The van der Waals surface area contributed by atoms with E-state index in [2.05, 4.69) is 16.0 Å². The van der Waals surface area contributed by atoms with Crippen LogP contribution in [0.2, 0.25) is 0 Å². The highest BCUT2D eigenvalue weighted by Gasteiger charge is 2.50. The molecule has 0 aromatic heterocycles. The van der Waals surface area contributed by atoms with E-state index in [4.69, 9.17) is 41.6 Å². The van der Waals surface area contributed by atoms with Crippen LogP contribution in [0.15, 0.2) is 11.8 Å². The van der Waals surface area contributed by atoms with Gasteiger partial charge in [0.25, 0.3) is 0 Å². The van der Waals surface area contributed by atoms with Gasteiger partial charge in [0.15, 0.2) is 12.2 Å². The van der Waals surface area contributed by atoms with Crippen molar-refractivity contribution in [3.63, 3.8) is 0 Å². The number of rotatable bonds is 8. The van der Waals surface area contributed by atoms with Crippen molar-refractivity contribution < 1.29 is 34.3 Å². The summed E-state index contributed by atoms with van der Waals surface area (Å²) in [6.45, 7) is 1.92. The zero-order chi connectivity index (χ0) is 25.9. The summed E-state index contributed by atoms with van der Waals surface area (Å²) in [5.74, 6) is 0.402. The second-order valence-corrected chi connectivity index (χ2v) is 9.64. The number of hydrogen-bond donors (Lipinski definition) is 10. The molecule has 0 bridgehead atoms. The van der Waals surface area contributed by atoms with Gasteiger partial charge in [-0.1, -0.05) is 0 Å². The molecule has 0 aromatic carbocycles. The number of ether oxygens (including phenoxy) is 4. The molecule has 0 radical (unpaired) electrons. The van der Waals surface area contributed by atoms with E-state index < -0.39 is 66.8 Å². The Kier molecular flexibility index (Phi) is 9.31. The van der Waals surface area contributed by atoms with Gasteiger partial charge in [-0.05, 0) is 39.9 Å². The predicted octanol–water partition coefficient (Wildman–Crippen LogP) is -4.07. The highest BCUT2D eigenvalue weighted by molar-refractivity contribution is 5.74. The van der Waals surface area contributed by atoms with Crippen molar-refractivity contribution in [2.75, 3.05) is 27.2 Å². The van der Waals surface area contributed by atoms with Crippen LogP contribution in [-0.4, -0.2) is 115 Å². The molecular weight excluding hydrogens is 462 g/mol. The Bertz CT molecular complexity index is 758. The van der Waals surface area contributed by atoms with Gasteiger partial charge in [-0.15, -0.1) is 0 Å². The number of guanidine groups is 1. The van der Waals surface area contributed by atoms with Gasteiger partial charge in [-0.2, -0.15) is 0 Å². The normalized spacial score (nSPS) is 44.3. The Morgan fingerprint density at radius 3 is 2.37 bits per heavy atom. The Balaban J connectivity index is 1.73. The summed E-state index contributed by atoms with van der Waals surface area (Å²) in [4.78, 5) is 0. The van der Waals surface area contributed by atoms with Crippen LogP contribution in [-0.2, 0) is 18.9 Å². The maximum atomic E-state index is 11.2. The largest absolute Gasteiger partial charge is 0.466 e. The lowest BCUT2D eigenvalue weighted by Crippen LogP contribution is -2.68. The first kappa shape index (κ1) is 28.0. The summed E-state index contributed by atoms with van der Waals surface area (Å²) in [5.41, 5.74) is 16.8. The topological polar surface area (TPSA) is 236 Å². The van der Waals surface area contributed by atoms with E-state index in [-0.39, 0.29) is 19.0 Å². The molecule has 3 rings (SSSR count). The van der Waals surface area contributed by atoms with Gasteiger partial charge in [-0.3, -0.25) is 5.41 Å². The minimum absolute atomic E-state index is 0.0907. The van der Waals surface area contributed by atoms with Gasteiger partial charge >= 0.3 is 0 Å². The molecule has 202 valence electrons. The van der Waals surface area contributed by atoms with Crippen molar-refractivity contribution in [2.24, 2.45) is 17.2 Å². The average molecular weight is 504 g/mol. The quantitative estimate of drug-likeness (QED) is 0.112. The average Bonchev–Trinajstić information content (AvgIpc) is 2.77. The smallest absolute Gasteiger partial charge is 0.220 e. The lowest BCUT2D eigenvalue weighted by Gasteiger charge is -2.48. The number of likely N-dealkylation sites (N-methyl/N-ethyl adjacent to an activating group) is 2. The molecule has 35 heavy (non-hydrogen) atoms. The summed E-state index contributed by atoms with van der Waals surface area (Å²) >= 11 is 0. The van der Waals surface area contributed by atoms with Crippen LogP contribution in [0.4, 0.5) is 0 Å². The van der Waals surface area contributed by atoms with E-state index in [0.717, 1.165) is 0 Å². The Morgan fingerprint density at radius 2 is 1.80 bits per heavy atom. The van der Waals surface area contributed by atoms with Gasteiger partial charge in [0.1, 0.15) is 35.8 Å². The first-order chi connectivity index (χ1) is 16.5. The van der Waals surface area contributed by atoms with Crippen LogP contribution in [0.25, 0.3) is 0 Å². The fourth-order valence-corrected chi connectivity index (χ4v) is 4.90. The van der Waals surface area contributed by atoms with E-state index in [1.54, 1.807) is 21.0 Å². The Morgan fingerprint density at radius 1 is 1.17 bits per heavy atom. The number of aliphatic hydroxyl groups is 3. The molecule has 1 saturated heterocycles. The first-order valence-electron chi connectivity index (χ1n) is 11.8. The van der Waals surface area contributed by atoms with Crippen molar-refractivity contribution in [3.8, 4) is 0 Å². The molecule has 11 atom stereocenters. The highest BCUT2D eigenvalue weighted by atomic mass is 16.7. The third-order valence-electron chi connectivity index (χ3n) is 6.67. The number of hydrogen-bond acceptors (Lipinski definition) is 12. The molecule has 0 amide bonds. The summed E-state index contributed by atoms with van der Waals surface area (Å²) in [6, 6.07) is -2.50. The Hall–Kier alpha value is -1.59. The van der Waals surface area contributed by atoms with E-state index in [9.17, 15) is 15.3 Å². The summed E-state index contributed by atoms with van der Waals surface area (Å²) in [5, 5.41) is 48.7. The maximum Gasteiger partial charge on any atom is 0.220 e. The SMILES string of the molecule is CNCC1=CC[C@@H](NC(=N)N)[C@@H](O[C@H]2[C@H](O)[C@@H](O[C@H]3OC[C@](C)(O)[C@H](NC)[C@H]3O)[C@H](N)C[C@@H]2N)O1. The van der Waals surface area contributed by atoms with Crippen molar-refractivity contribution >= 4 is 5.96 Å². The molecule has 3 aliphatic rings. The number of aliphatic hydroxyl groups excluding tert-OH is 2. The standard InChI is InChI=1S/C21H41N7O7/c1-21(31)8-32-19(14(30)17(21)27-3)35-16-11(23)6-10(22)15(13(16)29)34-18-12(28-20(24)25)5-4-9(33-18)7-26-2/h4,10-19,26-27,29-31H,5-8,22-23H2,1-3H3,(H4,24,25,28)/t10-,11+,12+,13-,14+,15+,16-,17+,18+,19+,21-/m0/s1. The molecular formula is C21H41N7O7. The molecule has 14 nitrogen and oxygen atoms in total. The van der Waals surface area contributed by atoms with E-state index in [1.807, 2.05) is 6.08 Å². The van der Waals surface area contributed by atoms with Gasteiger partial charge in [0.2, 0.25) is 6.29 Å². The molecule has 0 aromatic rings. The summed E-state index contributed by atoms with van der Waals surface area (Å²) < 4.78 is 23.6. The molecule has 0 unspecified atom stereocenters. The van der Waals surface area contributed by atoms with Crippen LogP contribution in [0.5, 0.6) is 0 Å². The molecule has 1 saturated carbocycles. The second kappa shape index (κ2) is 11.6. The maximum absolute atomic E-state index is 11.2. The predicted molar refractivity (Wildman–Crippen MR) is 126 cm³/mol. The highest BCUT2D eigenvalue weighted by Crippen LogP contribution is 2.31. The van der Waals surface area contributed by atoms with Gasteiger partial charge < -0.3 is 67.4 Å². The first-order valence-corrected chi connectivity index (χ1v) is 11.8. The fraction of sp³-hybridized carbons (Fsp3) is 0.857. The van der Waals surface area contributed by atoms with Gasteiger partial charge in [0, 0.05) is 12.1 Å². The van der Waals surface area contributed by atoms with Crippen molar-refractivity contribution in [1.29, 1.82) is 5.41 Å². The van der Waals surface area contributed by atoms with Gasteiger partial charge in [-0.25, -0.2) is 0 Å². The third kappa shape index (κ3) is 6.40. The van der Waals surface area contributed by atoms with Crippen molar-refractivity contribution in [2.45, 2.75) is 86.5 Å². The zero-order valence-electron chi connectivity index (χ0n) is 20.4. The molecule has 2 fully saturated rings.